The van der Waals surface area contributed by atoms with Gasteiger partial charge < -0.3 is 14.7 Å². The summed E-state index contributed by atoms with van der Waals surface area (Å²) in [5, 5.41) is 11.4. The first-order valence-electron chi connectivity index (χ1n) is 7.21. The Labute approximate surface area is 130 Å². The molecule has 0 radical (unpaired) electrons. The van der Waals surface area contributed by atoms with E-state index in [1.54, 1.807) is 20.2 Å². The zero-order valence-electron chi connectivity index (χ0n) is 13.0. The molecule has 0 bridgehead atoms. The highest BCUT2D eigenvalue weighted by atomic mass is 16.5. The average Bonchev–Trinajstić information content (AvgIpc) is 2.63. The van der Waals surface area contributed by atoms with Crippen molar-refractivity contribution in [2.24, 2.45) is 0 Å². The van der Waals surface area contributed by atoms with E-state index < -0.39 is 5.60 Å². The van der Waals surface area contributed by atoms with Crippen LogP contribution in [-0.4, -0.2) is 30.0 Å². The summed E-state index contributed by atoms with van der Waals surface area (Å²) in [6.45, 7) is 2.26. The molecule has 1 aliphatic heterocycles. The number of hydrogen-bond donors (Lipinski definition) is 1. The van der Waals surface area contributed by atoms with Gasteiger partial charge in [0.2, 0.25) is 0 Å². The zero-order valence-corrected chi connectivity index (χ0v) is 13.0. The molecule has 4 nitrogen and oxygen atoms in total. The molecule has 0 aromatic heterocycles. The molecule has 3 rings (SSSR count). The van der Waals surface area contributed by atoms with Gasteiger partial charge in [0.15, 0.2) is 5.60 Å². The highest BCUT2D eigenvalue weighted by molar-refractivity contribution is 5.91. The number of nitrogens with zero attached hydrogens (tertiary/aromatic N) is 1. The SMILES string of the molecule is Cc1ccc2c(c1)C(O)(C(=O)N(C)C)c1ccccc1CO2. The van der Waals surface area contributed by atoms with E-state index in [0.29, 0.717) is 23.5 Å². The molecular weight excluding hydrogens is 278 g/mol. The topological polar surface area (TPSA) is 49.8 Å². The van der Waals surface area contributed by atoms with Gasteiger partial charge in [0.1, 0.15) is 12.4 Å². The predicted octanol–water partition coefficient (Wildman–Crippen LogP) is 2.21. The molecule has 0 saturated carbocycles. The van der Waals surface area contributed by atoms with Crippen LogP contribution in [0.5, 0.6) is 5.75 Å². The molecule has 0 saturated heterocycles. The number of rotatable bonds is 1. The number of benzene rings is 2. The number of amides is 1. The summed E-state index contributed by atoms with van der Waals surface area (Å²) in [7, 11) is 3.29. The van der Waals surface area contributed by atoms with Crippen LogP contribution in [0.3, 0.4) is 0 Å². The second-order valence-electron chi connectivity index (χ2n) is 5.86. The van der Waals surface area contributed by atoms with E-state index in [1.807, 2.05) is 43.3 Å². The van der Waals surface area contributed by atoms with Crippen LogP contribution in [0.1, 0.15) is 22.3 Å². The Morgan fingerprint density at radius 1 is 1.18 bits per heavy atom. The summed E-state index contributed by atoms with van der Waals surface area (Å²) in [5.41, 5.74) is 1.12. The number of hydrogen-bond acceptors (Lipinski definition) is 3. The monoisotopic (exact) mass is 297 g/mol. The summed E-state index contributed by atoms with van der Waals surface area (Å²) < 4.78 is 5.82. The molecule has 1 heterocycles. The Balaban J connectivity index is 2.34. The Morgan fingerprint density at radius 3 is 2.64 bits per heavy atom. The van der Waals surface area contributed by atoms with Crippen molar-refractivity contribution in [2.45, 2.75) is 19.1 Å². The molecule has 1 aliphatic rings. The molecule has 114 valence electrons. The molecule has 0 fully saturated rings. The van der Waals surface area contributed by atoms with Crippen LogP contribution in [0.15, 0.2) is 42.5 Å². The van der Waals surface area contributed by atoms with Gasteiger partial charge in [0.25, 0.3) is 5.91 Å². The van der Waals surface area contributed by atoms with E-state index in [4.69, 9.17) is 4.74 Å². The van der Waals surface area contributed by atoms with Crippen LogP contribution in [-0.2, 0) is 17.0 Å². The molecule has 22 heavy (non-hydrogen) atoms. The van der Waals surface area contributed by atoms with Gasteiger partial charge in [-0.1, -0.05) is 35.9 Å². The first-order chi connectivity index (χ1) is 10.4. The lowest BCUT2D eigenvalue weighted by molar-refractivity contribution is -0.145. The van der Waals surface area contributed by atoms with Crippen molar-refractivity contribution in [3.63, 3.8) is 0 Å². The first kappa shape index (κ1) is 14.6. The lowest BCUT2D eigenvalue weighted by atomic mass is 9.82. The van der Waals surface area contributed by atoms with Crippen LogP contribution in [0, 0.1) is 6.92 Å². The molecule has 0 spiro atoms. The van der Waals surface area contributed by atoms with Crippen molar-refractivity contribution < 1.29 is 14.6 Å². The third kappa shape index (κ3) is 2.07. The quantitative estimate of drug-likeness (QED) is 0.878. The second kappa shape index (κ2) is 5.14. The number of carbonyl (C=O) groups excluding carboxylic acids is 1. The van der Waals surface area contributed by atoms with E-state index in [1.165, 1.54) is 4.90 Å². The first-order valence-corrected chi connectivity index (χ1v) is 7.21. The third-order valence-corrected chi connectivity index (χ3v) is 4.03. The van der Waals surface area contributed by atoms with E-state index in [9.17, 15) is 9.90 Å². The molecule has 4 heteroatoms. The largest absolute Gasteiger partial charge is 0.488 e. The van der Waals surface area contributed by atoms with Gasteiger partial charge in [-0.3, -0.25) is 4.79 Å². The Morgan fingerprint density at radius 2 is 1.91 bits per heavy atom. The fourth-order valence-electron chi connectivity index (χ4n) is 2.91. The third-order valence-electron chi connectivity index (χ3n) is 4.03. The van der Waals surface area contributed by atoms with E-state index >= 15 is 0 Å². The lowest BCUT2D eigenvalue weighted by Crippen LogP contribution is -2.45. The molecule has 2 aromatic rings. The minimum Gasteiger partial charge on any atom is -0.488 e. The fourth-order valence-corrected chi connectivity index (χ4v) is 2.91. The van der Waals surface area contributed by atoms with E-state index in [2.05, 4.69) is 0 Å². The number of aliphatic hydroxyl groups is 1. The van der Waals surface area contributed by atoms with Crippen molar-refractivity contribution in [2.75, 3.05) is 14.1 Å². The van der Waals surface area contributed by atoms with Crippen molar-refractivity contribution >= 4 is 5.91 Å². The maximum atomic E-state index is 12.8. The smallest absolute Gasteiger partial charge is 0.263 e. The van der Waals surface area contributed by atoms with Crippen LogP contribution in [0.25, 0.3) is 0 Å². The summed E-state index contributed by atoms with van der Waals surface area (Å²) in [6.07, 6.45) is 0. The van der Waals surface area contributed by atoms with E-state index in [-0.39, 0.29) is 5.91 Å². The Bertz CT molecular complexity index is 739. The molecular formula is C18H19NO3. The minimum absolute atomic E-state index is 0.329. The number of ether oxygens (including phenoxy) is 1. The molecule has 2 aromatic carbocycles. The van der Waals surface area contributed by atoms with Crippen LogP contribution < -0.4 is 4.74 Å². The maximum absolute atomic E-state index is 12.8. The predicted molar refractivity (Wildman–Crippen MR) is 83.6 cm³/mol. The van der Waals surface area contributed by atoms with Gasteiger partial charge in [0, 0.05) is 25.2 Å². The number of carbonyl (C=O) groups is 1. The van der Waals surface area contributed by atoms with Crippen molar-refractivity contribution in [3.8, 4) is 5.75 Å². The Kier molecular flexibility index (Phi) is 3.41. The Hall–Kier alpha value is -2.33. The summed E-state index contributed by atoms with van der Waals surface area (Å²) in [6, 6.07) is 12.9. The molecule has 1 N–H and O–H groups in total. The number of aryl methyl sites for hydroxylation is 1. The molecule has 1 atom stereocenters. The van der Waals surface area contributed by atoms with Gasteiger partial charge >= 0.3 is 0 Å². The van der Waals surface area contributed by atoms with Crippen LogP contribution in [0.2, 0.25) is 0 Å². The van der Waals surface area contributed by atoms with Gasteiger partial charge in [0.05, 0.1) is 0 Å². The number of likely N-dealkylation sites (N-methyl/N-ethyl adjacent to an activating group) is 1. The fraction of sp³-hybridized carbons (Fsp3) is 0.278. The molecule has 1 amide bonds. The zero-order chi connectivity index (χ0) is 15.9. The van der Waals surface area contributed by atoms with Gasteiger partial charge in [-0.05, 0) is 24.6 Å². The maximum Gasteiger partial charge on any atom is 0.263 e. The normalized spacial score (nSPS) is 19.5. The summed E-state index contributed by atoms with van der Waals surface area (Å²) >= 11 is 0. The standard InChI is InChI=1S/C18H19NO3/c1-12-8-9-16-15(10-12)18(21,17(20)19(2)3)14-7-5-4-6-13(14)11-22-16/h4-10,21H,11H2,1-3H3. The number of fused-ring (bicyclic) bond motifs is 2. The van der Waals surface area contributed by atoms with Gasteiger partial charge in [-0.25, -0.2) is 0 Å². The highest BCUT2D eigenvalue weighted by Gasteiger charge is 2.46. The van der Waals surface area contributed by atoms with Crippen LogP contribution >= 0.6 is 0 Å². The molecule has 1 unspecified atom stereocenters. The van der Waals surface area contributed by atoms with Crippen molar-refractivity contribution in [1.82, 2.24) is 4.90 Å². The van der Waals surface area contributed by atoms with Crippen molar-refractivity contribution in [3.05, 3.63) is 64.7 Å². The second-order valence-corrected chi connectivity index (χ2v) is 5.86. The van der Waals surface area contributed by atoms with Gasteiger partial charge in [-0.2, -0.15) is 0 Å². The lowest BCUT2D eigenvalue weighted by Gasteiger charge is -2.31. The average molecular weight is 297 g/mol. The molecule has 0 aliphatic carbocycles. The minimum atomic E-state index is -1.74. The van der Waals surface area contributed by atoms with Crippen molar-refractivity contribution in [1.29, 1.82) is 0 Å². The summed E-state index contributed by atoms with van der Waals surface area (Å²) in [5.74, 6) is 0.164. The highest BCUT2D eigenvalue weighted by Crippen LogP contribution is 2.41. The summed E-state index contributed by atoms with van der Waals surface area (Å²) in [4.78, 5) is 14.2. The van der Waals surface area contributed by atoms with E-state index in [0.717, 1.165) is 11.1 Å². The van der Waals surface area contributed by atoms with Gasteiger partial charge in [-0.15, -0.1) is 0 Å². The van der Waals surface area contributed by atoms with Crippen LogP contribution in [0.4, 0.5) is 0 Å².